The van der Waals surface area contributed by atoms with Crippen LogP contribution in [0.2, 0.25) is 0 Å². The van der Waals surface area contributed by atoms with Gasteiger partial charge in [0.2, 0.25) is 35.4 Å². The Kier molecular flexibility index (Phi) is 16.4. The monoisotopic (exact) mass is 715 g/mol. The summed E-state index contributed by atoms with van der Waals surface area (Å²) < 4.78 is 0. The second-order valence-corrected chi connectivity index (χ2v) is 11.9. The van der Waals surface area contributed by atoms with Crippen molar-refractivity contribution in [3.05, 3.63) is 65.7 Å². The quantitative estimate of drug-likeness (QED) is 0.0642. The Morgan fingerprint density at radius 1 is 0.667 bits per heavy atom. The summed E-state index contributed by atoms with van der Waals surface area (Å²) in [5.41, 5.74) is 12.0. The number of rotatable bonds is 20. The minimum atomic E-state index is -1.74. The zero-order valence-electron chi connectivity index (χ0n) is 28.1. The van der Waals surface area contributed by atoms with Gasteiger partial charge in [-0.25, -0.2) is 0 Å². The van der Waals surface area contributed by atoms with Crippen LogP contribution in [-0.4, -0.2) is 111 Å². The third-order valence-electron chi connectivity index (χ3n) is 7.49. The van der Waals surface area contributed by atoms with E-state index >= 15 is 0 Å². The molecule has 7 atom stereocenters. The highest BCUT2D eigenvalue weighted by atomic mass is 16.4. The summed E-state index contributed by atoms with van der Waals surface area (Å²) >= 11 is 0. The summed E-state index contributed by atoms with van der Waals surface area (Å²) in [6.45, 7) is 1.82. The molecule has 0 spiro atoms. The lowest BCUT2D eigenvalue weighted by Crippen LogP contribution is -2.63. The second kappa shape index (κ2) is 20.2. The van der Waals surface area contributed by atoms with E-state index in [0.717, 1.165) is 6.92 Å². The number of primary amides is 1. The normalized spacial score (nSPS) is 15.0. The number of hydrogen-bond acceptors (Lipinski definition) is 11. The number of phenols is 1. The Labute approximate surface area is 293 Å². The Morgan fingerprint density at radius 3 is 1.65 bits per heavy atom. The molecule has 0 aliphatic carbocycles. The van der Waals surface area contributed by atoms with Crippen LogP contribution in [0, 0.1) is 0 Å². The third-order valence-corrected chi connectivity index (χ3v) is 7.49. The van der Waals surface area contributed by atoms with Gasteiger partial charge < -0.3 is 58.5 Å². The Morgan fingerprint density at radius 2 is 1.14 bits per heavy atom. The van der Waals surface area contributed by atoms with Crippen molar-refractivity contribution in [1.82, 2.24) is 26.6 Å². The molecule has 0 saturated heterocycles. The van der Waals surface area contributed by atoms with Crippen LogP contribution in [0.5, 0.6) is 5.75 Å². The maximum atomic E-state index is 13.5. The number of aliphatic hydroxyl groups excluding tert-OH is 2. The van der Waals surface area contributed by atoms with Crippen LogP contribution in [0.1, 0.15) is 37.8 Å². The molecule has 18 heteroatoms. The van der Waals surface area contributed by atoms with Crippen LogP contribution in [0.4, 0.5) is 0 Å². The molecule has 18 nitrogen and oxygen atoms in total. The number of carbonyl (C=O) groups excluding carboxylic acids is 6. The van der Waals surface area contributed by atoms with E-state index in [-0.39, 0.29) is 25.0 Å². The predicted molar refractivity (Wildman–Crippen MR) is 180 cm³/mol. The molecule has 0 aliphatic heterocycles. The fraction of sp³-hybridized carbons (Fsp3) is 0.424. The lowest BCUT2D eigenvalue weighted by Gasteiger charge is -2.29. The summed E-state index contributed by atoms with van der Waals surface area (Å²) in [5, 5.41) is 51.2. The molecule has 0 aromatic heterocycles. The van der Waals surface area contributed by atoms with Gasteiger partial charge in [-0.3, -0.25) is 33.6 Å². The molecule has 0 heterocycles. The molecule has 6 amide bonds. The highest BCUT2D eigenvalue weighted by molar-refractivity contribution is 5.97. The van der Waals surface area contributed by atoms with Crippen LogP contribution in [0.25, 0.3) is 0 Å². The molecule has 51 heavy (non-hydrogen) atoms. The van der Waals surface area contributed by atoms with E-state index < -0.39 is 96.8 Å². The molecule has 0 saturated carbocycles. The molecule has 2 aromatic carbocycles. The van der Waals surface area contributed by atoms with Crippen molar-refractivity contribution in [3.8, 4) is 5.75 Å². The SMILES string of the molecule is C[C@@H](O)[C@H](NC(=O)[C@H](Cc1ccc(O)cc1)NC(=O)[C@@H](N)CCC(=O)O)C(=O)N[C@H](C(=O)N[C@@H](Cc1ccccc1)C(=O)NCC(N)=O)[C@@H](C)O. The van der Waals surface area contributed by atoms with E-state index in [1.807, 2.05) is 0 Å². The smallest absolute Gasteiger partial charge is 0.303 e. The molecule has 0 unspecified atom stereocenters. The van der Waals surface area contributed by atoms with E-state index in [1.54, 1.807) is 30.3 Å². The van der Waals surface area contributed by atoms with E-state index in [2.05, 4.69) is 26.6 Å². The van der Waals surface area contributed by atoms with E-state index in [9.17, 15) is 48.9 Å². The average molecular weight is 716 g/mol. The molecule has 0 radical (unpaired) electrons. The number of carboxylic acids is 1. The summed E-state index contributed by atoms with van der Waals surface area (Å²) in [7, 11) is 0. The minimum Gasteiger partial charge on any atom is -0.508 e. The van der Waals surface area contributed by atoms with Crippen molar-refractivity contribution in [1.29, 1.82) is 0 Å². The van der Waals surface area contributed by atoms with Gasteiger partial charge in [-0.05, 0) is 43.5 Å². The number of aliphatic carboxylic acids is 1. The first-order valence-electron chi connectivity index (χ1n) is 15.9. The summed E-state index contributed by atoms with van der Waals surface area (Å²) in [4.78, 5) is 88.1. The van der Waals surface area contributed by atoms with Gasteiger partial charge in [0.1, 0.15) is 29.9 Å². The molecular weight excluding hydrogens is 670 g/mol. The standard InChI is InChI=1S/C33H45N7O11/c1-17(41)27(32(50)38-23(30(48)36-16-25(35)44)14-19-6-4-3-5-7-19)40-33(51)28(18(2)42)39-31(49)24(15-20-8-10-21(43)11-9-20)37-29(47)22(34)12-13-26(45)46/h3-11,17-18,22-24,27-28,41-43H,12-16,34H2,1-2H3,(H2,35,44)(H,36,48)(H,37,47)(H,38,50)(H,39,49)(H,40,51)(H,45,46)/t17-,18-,22+,23+,24+,27+,28+/m1/s1. The van der Waals surface area contributed by atoms with Crippen molar-refractivity contribution >= 4 is 41.4 Å². The fourth-order valence-electron chi connectivity index (χ4n) is 4.69. The third kappa shape index (κ3) is 14.4. The van der Waals surface area contributed by atoms with Crippen molar-refractivity contribution in [3.63, 3.8) is 0 Å². The first-order chi connectivity index (χ1) is 24.0. The topological polar surface area (TPSA) is 313 Å². The number of nitrogens with two attached hydrogens (primary N) is 2. The van der Waals surface area contributed by atoms with E-state index in [0.29, 0.717) is 11.1 Å². The zero-order chi connectivity index (χ0) is 38.2. The minimum absolute atomic E-state index is 0.0435. The Hall–Kier alpha value is -5.59. The lowest BCUT2D eigenvalue weighted by atomic mass is 10.0. The van der Waals surface area contributed by atoms with Crippen molar-refractivity contribution < 1.29 is 54.0 Å². The predicted octanol–water partition coefficient (Wildman–Crippen LogP) is -3.33. The van der Waals surface area contributed by atoms with Crippen LogP contribution in [0.3, 0.4) is 0 Å². The number of nitrogens with one attached hydrogen (secondary N) is 5. The zero-order valence-corrected chi connectivity index (χ0v) is 28.1. The molecule has 2 rings (SSSR count). The lowest BCUT2D eigenvalue weighted by molar-refractivity contribution is -0.138. The highest BCUT2D eigenvalue weighted by Gasteiger charge is 2.35. The Bertz CT molecular complexity index is 1520. The van der Waals surface area contributed by atoms with Gasteiger partial charge in [-0.1, -0.05) is 42.5 Å². The van der Waals surface area contributed by atoms with Gasteiger partial charge in [0.25, 0.3) is 0 Å². The molecular formula is C33H45N7O11. The number of aromatic hydroxyl groups is 1. The number of benzene rings is 2. The average Bonchev–Trinajstić information content (AvgIpc) is 3.07. The van der Waals surface area contributed by atoms with Gasteiger partial charge in [-0.2, -0.15) is 0 Å². The largest absolute Gasteiger partial charge is 0.508 e. The molecule has 0 bridgehead atoms. The van der Waals surface area contributed by atoms with Gasteiger partial charge in [0.15, 0.2) is 0 Å². The molecule has 278 valence electrons. The van der Waals surface area contributed by atoms with Gasteiger partial charge in [-0.15, -0.1) is 0 Å². The van der Waals surface area contributed by atoms with Gasteiger partial charge in [0, 0.05) is 19.3 Å². The first kappa shape index (κ1) is 41.6. The number of phenolic OH excluding ortho intramolecular Hbond substituents is 1. The van der Waals surface area contributed by atoms with Crippen molar-refractivity contribution in [2.75, 3.05) is 6.54 Å². The van der Waals surface area contributed by atoms with Crippen LogP contribution >= 0.6 is 0 Å². The summed E-state index contributed by atoms with van der Waals surface area (Å²) in [5.74, 6) is -6.86. The van der Waals surface area contributed by atoms with E-state index in [1.165, 1.54) is 31.2 Å². The number of carbonyl (C=O) groups is 7. The van der Waals surface area contributed by atoms with Crippen molar-refractivity contribution in [2.24, 2.45) is 11.5 Å². The first-order valence-corrected chi connectivity index (χ1v) is 15.9. The van der Waals surface area contributed by atoms with Crippen LogP contribution in [-0.2, 0) is 46.4 Å². The molecule has 0 aliphatic rings. The molecule has 0 fully saturated rings. The number of carboxylic acid groups (broad SMARTS) is 1. The fourth-order valence-corrected chi connectivity index (χ4v) is 4.69. The molecule has 2 aromatic rings. The molecule has 13 N–H and O–H groups in total. The van der Waals surface area contributed by atoms with Crippen LogP contribution in [0.15, 0.2) is 54.6 Å². The number of amides is 6. The maximum Gasteiger partial charge on any atom is 0.303 e. The van der Waals surface area contributed by atoms with Crippen LogP contribution < -0.4 is 38.1 Å². The Balaban J connectivity index is 2.27. The van der Waals surface area contributed by atoms with Gasteiger partial charge >= 0.3 is 5.97 Å². The van der Waals surface area contributed by atoms with E-state index in [4.69, 9.17) is 16.6 Å². The highest BCUT2D eigenvalue weighted by Crippen LogP contribution is 2.12. The van der Waals surface area contributed by atoms with Crippen molar-refractivity contribution in [2.45, 2.75) is 81.9 Å². The summed E-state index contributed by atoms with van der Waals surface area (Å²) in [6.07, 6.45) is -4.03. The van der Waals surface area contributed by atoms with Gasteiger partial charge in [0.05, 0.1) is 24.8 Å². The second-order valence-electron chi connectivity index (χ2n) is 11.9. The number of hydrogen-bond donors (Lipinski definition) is 11. The number of aliphatic hydroxyl groups is 2. The maximum absolute atomic E-state index is 13.5. The summed E-state index contributed by atoms with van der Waals surface area (Å²) in [6, 6.07) is 6.67.